The van der Waals surface area contributed by atoms with Gasteiger partial charge in [-0.25, -0.2) is 5.10 Å². The summed E-state index contributed by atoms with van der Waals surface area (Å²) >= 11 is 0. The van der Waals surface area contributed by atoms with E-state index in [1.54, 1.807) is 42.9 Å². The Hall–Kier alpha value is -4.63. The summed E-state index contributed by atoms with van der Waals surface area (Å²) in [5.41, 5.74) is 4.21. The Morgan fingerprint density at radius 2 is 1.62 bits per heavy atom. The number of aromatic amines is 1. The average Bonchev–Trinajstić information content (AvgIpc) is 3.42. The summed E-state index contributed by atoms with van der Waals surface area (Å²) < 4.78 is 0. The number of aromatic nitrogens is 4. The van der Waals surface area contributed by atoms with E-state index in [-0.39, 0.29) is 42.4 Å². The van der Waals surface area contributed by atoms with Crippen molar-refractivity contribution in [2.24, 2.45) is 5.92 Å². The molecule has 2 aliphatic carbocycles. The molecule has 2 N–H and O–H groups in total. The van der Waals surface area contributed by atoms with Crippen LogP contribution >= 0.6 is 0 Å². The Labute approximate surface area is 262 Å². The topological polar surface area (TPSA) is 151 Å². The molecule has 2 aromatic carbocycles. The predicted molar refractivity (Wildman–Crippen MR) is 165 cm³/mol. The summed E-state index contributed by atoms with van der Waals surface area (Å²) in [5.74, 6) is 0.749. The van der Waals surface area contributed by atoms with E-state index in [1.165, 1.54) is 0 Å². The maximum atomic E-state index is 13.3. The van der Waals surface area contributed by atoms with Crippen LogP contribution in [0.3, 0.4) is 0 Å². The molecular weight excluding hydrogens is 570 g/mol. The van der Waals surface area contributed by atoms with Gasteiger partial charge < -0.3 is 20.0 Å². The van der Waals surface area contributed by atoms with Gasteiger partial charge in [-0.05, 0) is 102 Å². The highest BCUT2D eigenvalue weighted by Crippen LogP contribution is 2.48. The largest absolute Gasteiger partial charge is 0.345 e. The van der Waals surface area contributed by atoms with Crippen LogP contribution in [0.15, 0.2) is 36.4 Å². The highest BCUT2D eigenvalue weighted by atomic mass is 16.2. The fraction of sp³-hybridized carbons (Fsp3) is 0.485. The number of nitriles is 1. The van der Waals surface area contributed by atoms with Gasteiger partial charge >= 0.3 is 0 Å². The SMILES string of the molecule is C[C@@H](CC1(c2nnn[nH]2)c2ccc(C(=O)N(C)C)cc2CCc2cc(C(=O)N(C)C)ccc21)NCC(=O)N1[C@H](C#N)C[C@@H]2C[C@@H]21. The molecule has 0 unspecified atom stereocenters. The molecule has 2 heterocycles. The predicted octanol–water partition coefficient (Wildman–Crippen LogP) is 1.92. The number of aryl methyl sites for hydroxylation is 2. The van der Waals surface area contributed by atoms with Crippen molar-refractivity contribution in [3.63, 3.8) is 0 Å². The highest BCUT2D eigenvalue weighted by Gasteiger charge is 2.54. The molecule has 12 heteroatoms. The molecular formula is C33H39N9O3. The molecule has 45 heavy (non-hydrogen) atoms. The third-order valence-corrected chi connectivity index (χ3v) is 9.61. The van der Waals surface area contributed by atoms with Gasteiger partial charge in [-0.2, -0.15) is 5.26 Å². The van der Waals surface area contributed by atoms with Crippen molar-refractivity contribution in [1.82, 2.24) is 40.6 Å². The molecule has 4 atom stereocenters. The third-order valence-electron chi connectivity index (χ3n) is 9.61. The Morgan fingerprint density at radius 1 is 1.02 bits per heavy atom. The lowest BCUT2D eigenvalue weighted by Gasteiger charge is -2.37. The van der Waals surface area contributed by atoms with E-state index in [0.29, 0.717) is 42.1 Å². The molecule has 3 amide bonds. The van der Waals surface area contributed by atoms with Crippen LogP contribution in [0.2, 0.25) is 0 Å². The molecule has 1 aromatic heterocycles. The van der Waals surface area contributed by atoms with Gasteiger partial charge in [0.05, 0.1) is 18.0 Å². The van der Waals surface area contributed by atoms with Crippen molar-refractivity contribution < 1.29 is 14.4 Å². The monoisotopic (exact) mass is 609 g/mol. The molecule has 1 aliphatic heterocycles. The van der Waals surface area contributed by atoms with Crippen LogP contribution in [0.25, 0.3) is 0 Å². The van der Waals surface area contributed by atoms with E-state index in [4.69, 9.17) is 0 Å². The van der Waals surface area contributed by atoms with E-state index in [9.17, 15) is 19.6 Å². The van der Waals surface area contributed by atoms with Gasteiger partial charge in [0.1, 0.15) is 6.04 Å². The first-order valence-corrected chi connectivity index (χ1v) is 15.4. The second-order valence-electron chi connectivity index (χ2n) is 13.0. The molecule has 0 spiro atoms. The number of likely N-dealkylation sites (tertiary alicyclic amines) is 1. The molecule has 3 aromatic rings. The molecule has 12 nitrogen and oxygen atoms in total. The van der Waals surface area contributed by atoms with Crippen LogP contribution in [-0.2, 0) is 23.1 Å². The molecule has 0 bridgehead atoms. The van der Waals surface area contributed by atoms with Crippen LogP contribution in [0, 0.1) is 17.2 Å². The fourth-order valence-electron chi connectivity index (χ4n) is 7.36. The molecule has 0 radical (unpaired) electrons. The minimum absolute atomic E-state index is 0.0610. The van der Waals surface area contributed by atoms with E-state index in [0.717, 1.165) is 35.1 Å². The van der Waals surface area contributed by atoms with Gasteiger partial charge in [0.2, 0.25) is 5.91 Å². The fourth-order valence-corrected chi connectivity index (χ4v) is 7.36. The lowest BCUT2D eigenvalue weighted by atomic mass is 9.67. The number of nitrogens with one attached hydrogen (secondary N) is 2. The summed E-state index contributed by atoms with van der Waals surface area (Å²) in [7, 11) is 6.93. The Morgan fingerprint density at radius 3 is 2.13 bits per heavy atom. The number of amides is 3. The number of benzene rings is 2. The van der Waals surface area contributed by atoms with E-state index >= 15 is 0 Å². The Kier molecular flexibility index (Phi) is 7.91. The number of piperidine rings is 1. The zero-order valence-electron chi connectivity index (χ0n) is 26.4. The molecule has 3 aliphatic rings. The van der Waals surface area contributed by atoms with Crippen molar-refractivity contribution in [1.29, 1.82) is 5.26 Å². The first-order valence-electron chi connectivity index (χ1n) is 15.4. The van der Waals surface area contributed by atoms with Crippen molar-refractivity contribution in [3.8, 4) is 6.07 Å². The lowest BCUT2D eigenvalue weighted by Crippen LogP contribution is -2.46. The molecule has 6 rings (SSSR count). The molecule has 1 saturated carbocycles. The van der Waals surface area contributed by atoms with E-state index in [1.807, 2.05) is 43.3 Å². The average molecular weight is 610 g/mol. The quantitative estimate of drug-likeness (QED) is 0.393. The Bertz CT molecular complexity index is 1610. The highest BCUT2D eigenvalue weighted by molar-refractivity contribution is 5.95. The van der Waals surface area contributed by atoms with Crippen LogP contribution in [0.4, 0.5) is 0 Å². The van der Waals surface area contributed by atoms with Gasteiger partial charge in [0.15, 0.2) is 5.82 Å². The van der Waals surface area contributed by atoms with Crippen molar-refractivity contribution in [3.05, 3.63) is 75.6 Å². The van der Waals surface area contributed by atoms with Gasteiger partial charge in [-0.1, -0.05) is 12.1 Å². The van der Waals surface area contributed by atoms with Crippen LogP contribution in [0.5, 0.6) is 0 Å². The first kappa shape index (κ1) is 30.4. The van der Waals surface area contributed by atoms with Crippen molar-refractivity contribution >= 4 is 17.7 Å². The van der Waals surface area contributed by atoms with Gasteiger partial charge in [-0.3, -0.25) is 14.4 Å². The maximum absolute atomic E-state index is 13.3. The maximum Gasteiger partial charge on any atom is 0.253 e. The number of rotatable bonds is 8. The zero-order chi connectivity index (χ0) is 32.0. The number of carbonyl (C=O) groups excluding carboxylic acids is 3. The lowest BCUT2D eigenvalue weighted by molar-refractivity contribution is -0.131. The summed E-state index contributed by atoms with van der Waals surface area (Å²) in [6, 6.07) is 13.5. The third kappa shape index (κ3) is 5.35. The van der Waals surface area contributed by atoms with Crippen molar-refractivity contribution in [2.45, 2.75) is 62.6 Å². The number of nitrogens with zero attached hydrogens (tertiary/aromatic N) is 7. The number of hydrogen-bond acceptors (Lipinski definition) is 8. The number of H-pyrrole nitrogens is 1. The van der Waals surface area contributed by atoms with Crippen LogP contribution in [0.1, 0.15) is 75.0 Å². The van der Waals surface area contributed by atoms with E-state index in [2.05, 4.69) is 32.0 Å². The Balaban J connectivity index is 1.42. The molecule has 2 fully saturated rings. The van der Waals surface area contributed by atoms with Crippen LogP contribution in [-0.4, -0.2) is 106 Å². The standard InChI is InChI=1S/C33H39N9O3/c1-19(35-18-29(43)42-25(17-34)14-24-15-28(24)42)16-33(32-36-38-39-37-32)26-10-8-22(30(44)40(2)3)12-20(26)6-7-21-13-23(9-11-27(21)33)31(45)41(4)5/h8-13,19,24-25,28,35H,6-7,14-16,18H2,1-5H3,(H,36,37,38,39)/t19-,24+,25-,28-/m0/s1. The van der Waals surface area contributed by atoms with Gasteiger partial charge in [-0.15, -0.1) is 5.10 Å². The van der Waals surface area contributed by atoms with Gasteiger partial charge in [0, 0.05) is 51.4 Å². The number of hydrogen-bond donors (Lipinski definition) is 2. The van der Waals surface area contributed by atoms with Crippen LogP contribution < -0.4 is 5.32 Å². The summed E-state index contributed by atoms with van der Waals surface area (Å²) in [4.78, 5) is 44.2. The smallest absolute Gasteiger partial charge is 0.253 e. The van der Waals surface area contributed by atoms with Gasteiger partial charge in [0.25, 0.3) is 11.8 Å². The second kappa shape index (κ2) is 11.7. The number of tetrazole rings is 1. The summed E-state index contributed by atoms with van der Waals surface area (Å²) in [6.07, 6.45) is 3.51. The minimum atomic E-state index is -0.885. The van der Waals surface area contributed by atoms with E-state index < -0.39 is 5.41 Å². The minimum Gasteiger partial charge on any atom is -0.345 e. The summed E-state index contributed by atoms with van der Waals surface area (Å²) in [6.45, 7) is 2.14. The second-order valence-corrected chi connectivity index (χ2v) is 13.0. The molecule has 234 valence electrons. The first-order chi connectivity index (χ1) is 21.5. The number of carbonyl (C=O) groups is 3. The zero-order valence-corrected chi connectivity index (χ0v) is 26.4. The number of fused-ring (bicyclic) bond motifs is 3. The van der Waals surface area contributed by atoms with Crippen molar-refractivity contribution in [2.75, 3.05) is 34.7 Å². The molecule has 1 saturated heterocycles. The normalized spacial score (nSPS) is 21.4. The summed E-state index contributed by atoms with van der Waals surface area (Å²) in [5, 5.41) is 28.5.